The number of halogens is 1. The van der Waals surface area contributed by atoms with Gasteiger partial charge in [0.1, 0.15) is 0 Å². The van der Waals surface area contributed by atoms with E-state index in [9.17, 15) is 0 Å². The smallest absolute Gasteiger partial charge is 0.346 e. The van der Waals surface area contributed by atoms with Gasteiger partial charge in [0.2, 0.25) is 0 Å². The van der Waals surface area contributed by atoms with Crippen molar-refractivity contribution < 1.29 is 21.9 Å². The first-order chi connectivity index (χ1) is 14.8. The molecule has 1 aliphatic rings. The van der Waals surface area contributed by atoms with E-state index in [0.29, 0.717) is 11.5 Å². The zero-order valence-electron chi connectivity index (χ0n) is 17.6. The number of ether oxygens (including phenoxy) is 2. The van der Waals surface area contributed by atoms with Gasteiger partial charge in [-0.3, -0.25) is 0 Å². The third-order valence-electron chi connectivity index (χ3n) is 5.21. The molecule has 0 saturated carbocycles. The predicted molar refractivity (Wildman–Crippen MR) is 115 cm³/mol. The van der Waals surface area contributed by atoms with Crippen molar-refractivity contribution in [2.45, 2.75) is 38.6 Å². The van der Waals surface area contributed by atoms with Crippen LogP contribution in [0.25, 0.3) is 5.69 Å². The largest absolute Gasteiger partial charge is 1.00 e. The second-order valence-corrected chi connectivity index (χ2v) is 7.33. The highest BCUT2D eigenvalue weighted by Gasteiger charge is 2.14. The van der Waals surface area contributed by atoms with Crippen molar-refractivity contribution in [1.29, 1.82) is 0 Å². The van der Waals surface area contributed by atoms with Crippen LogP contribution in [0.2, 0.25) is 0 Å². The number of para-hydroxylation sites is 1. The quantitative estimate of drug-likeness (QED) is 0.401. The maximum absolute atomic E-state index is 5.96. The van der Waals surface area contributed by atoms with Gasteiger partial charge in [-0.2, -0.15) is 4.68 Å². The monoisotopic (exact) mass is 440 g/mol. The predicted octanol–water partition coefficient (Wildman–Crippen LogP) is 1.45. The lowest BCUT2D eigenvalue weighted by Crippen LogP contribution is -3.00. The molecule has 0 bridgehead atoms. The van der Waals surface area contributed by atoms with E-state index in [1.807, 2.05) is 48.5 Å². The van der Waals surface area contributed by atoms with Crippen molar-refractivity contribution >= 4 is 0 Å². The number of benzene rings is 2. The molecule has 0 spiro atoms. The van der Waals surface area contributed by atoms with Crippen LogP contribution in [-0.2, 0) is 6.54 Å². The number of nitrogens with zero attached hydrogens (tertiary/aromatic N) is 4. The van der Waals surface area contributed by atoms with Crippen LogP contribution in [0.15, 0.2) is 60.2 Å². The van der Waals surface area contributed by atoms with Gasteiger partial charge in [-0.05, 0) is 78.9 Å². The summed E-state index contributed by atoms with van der Waals surface area (Å²) in [5.74, 6) is 1.22. The third kappa shape index (κ3) is 6.06. The van der Waals surface area contributed by atoms with Crippen molar-refractivity contribution in [1.82, 2.24) is 25.5 Å². The molecule has 3 aromatic rings. The summed E-state index contributed by atoms with van der Waals surface area (Å²) in [4.78, 5) is 0. The van der Waals surface area contributed by atoms with Crippen LogP contribution in [0.4, 0.5) is 0 Å². The van der Waals surface area contributed by atoms with Crippen molar-refractivity contribution in [2.24, 2.45) is 0 Å². The number of rotatable bonds is 9. The van der Waals surface area contributed by atoms with Gasteiger partial charge in [0.15, 0.2) is 11.5 Å². The van der Waals surface area contributed by atoms with Crippen LogP contribution in [0, 0.1) is 0 Å². The van der Waals surface area contributed by atoms with Gasteiger partial charge >= 0.3 is 6.01 Å². The second kappa shape index (κ2) is 11.5. The van der Waals surface area contributed by atoms with Crippen molar-refractivity contribution in [3.63, 3.8) is 0 Å². The van der Waals surface area contributed by atoms with Gasteiger partial charge in [0.05, 0.1) is 12.8 Å². The highest BCUT2D eigenvalue weighted by molar-refractivity contribution is 5.44. The fourth-order valence-electron chi connectivity index (χ4n) is 3.59. The van der Waals surface area contributed by atoms with Crippen molar-refractivity contribution in [2.75, 3.05) is 13.7 Å². The average molecular weight is 441 g/mol. The number of allylic oxidation sites excluding steroid dienone is 1. The summed E-state index contributed by atoms with van der Waals surface area (Å²) in [5.41, 5.74) is 3.55. The van der Waals surface area contributed by atoms with Gasteiger partial charge < -0.3 is 27.2 Å². The molecule has 1 heterocycles. The lowest BCUT2D eigenvalue weighted by atomic mass is 9.97. The maximum Gasteiger partial charge on any atom is 0.346 e. The summed E-state index contributed by atoms with van der Waals surface area (Å²) in [6.45, 7) is 1.77. The molecular weight excluding hydrogens is 414 g/mol. The summed E-state index contributed by atoms with van der Waals surface area (Å²) < 4.78 is 13.1. The van der Waals surface area contributed by atoms with E-state index in [-0.39, 0.29) is 18.4 Å². The molecule has 1 aromatic heterocycles. The Kier molecular flexibility index (Phi) is 8.44. The molecule has 164 valence electrons. The summed E-state index contributed by atoms with van der Waals surface area (Å²) >= 11 is 0. The maximum atomic E-state index is 5.96. The molecule has 0 saturated heterocycles. The third-order valence-corrected chi connectivity index (χ3v) is 5.21. The van der Waals surface area contributed by atoms with Crippen LogP contribution < -0.4 is 27.2 Å². The van der Waals surface area contributed by atoms with Crippen molar-refractivity contribution in [3.8, 4) is 23.2 Å². The fraction of sp³-hybridized carbons (Fsp3) is 0.348. The Balaban J connectivity index is 0.00000272. The molecule has 1 aliphatic carbocycles. The zero-order chi connectivity index (χ0) is 20.6. The Hall–Kier alpha value is -2.90. The van der Waals surface area contributed by atoms with Crippen LogP contribution in [-0.4, -0.2) is 33.9 Å². The molecule has 2 aromatic carbocycles. The molecule has 0 radical (unpaired) electrons. The van der Waals surface area contributed by atoms with E-state index in [4.69, 9.17) is 9.47 Å². The SMILES string of the molecule is COc1cc(CNCCC2=CCCCC2)ccc1Oc1nnnn1-c1ccccc1.[Cl-]. The van der Waals surface area contributed by atoms with E-state index >= 15 is 0 Å². The highest BCUT2D eigenvalue weighted by Crippen LogP contribution is 2.32. The Labute approximate surface area is 188 Å². The van der Waals surface area contributed by atoms with Crippen LogP contribution >= 0.6 is 0 Å². The van der Waals surface area contributed by atoms with Gasteiger partial charge in [-0.1, -0.05) is 41.0 Å². The molecule has 7 nitrogen and oxygen atoms in total. The summed E-state index contributed by atoms with van der Waals surface area (Å²) in [5, 5.41) is 15.3. The normalized spacial score (nSPS) is 13.3. The number of nitrogens with one attached hydrogen (secondary N) is 1. The summed E-state index contributed by atoms with van der Waals surface area (Å²) in [6.07, 6.45) is 8.69. The van der Waals surface area contributed by atoms with Gasteiger partial charge in [-0.15, -0.1) is 0 Å². The van der Waals surface area contributed by atoms with Gasteiger partial charge in [0, 0.05) is 6.54 Å². The first kappa shape index (κ1) is 22.8. The molecule has 8 heteroatoms. The van der Waals surface area contributed by atoms with Gasteiger partial charge in [-0.25, -0.2) is 0 Å². The Morgan fingerprint density at radius 1 is 1.06 bits per heavy atom. The van der Waals surface area contributed by atoms with Crippen LogP contribution in [0.5, 0.6) is 17.5 Å². The minimum atomic E-state index is 0. The first-order valence-corrected chi connectivity index (χ1v) is 10.4. The van der Waals surface area contributed by atoms with E-state index in [1.54, 1.807) is 17.4 Å². The molecule has 1 N–H and O–H groups in total. The Bertz CT molecular complexity index is 991. The second-order valence-electron chi connectivity index (χ2n) is 7.33. The highest BCUT2D eigenvalue weighted by atomic mass is 35.5. The molecule has 0 unspecified atom stereocenters. The molecule has 31 heavy (non-hydrogen) atoms. The van der Waals surface area contributed by atoms with E-state index in [2.05, 4.69) is 26.9 Å². The summed E-state index contributed by atoms with van der Waals surface area (Å²) in [6, 6.07) is 15.8. The fourth-order valence-corrected chi connectivity index (χ4v) is 3.59. The Morgan fingerprint density at radius 2 is 1.94 bits per heavy atom. The lowest BCUT2D eigenvalue weighted by Gasteiger charge is -2.14. The van der Waals surface area contributed by atoms with E-state index in [0.717, 1.165) is 30.8 Å². The number of tetrazole rings is 1. The molecule has 4 rings (SSSR count). The minimum absolute atomic E-state index is 0. The molecule has 0 amide bonds. The van der Waals surface area contributed by atoms with E-state index < -0.39 is 0 Å². The number of hydrogen-bond acceptors (Lipinski definition) is 6. The zero-order valence-corrected chi connectivity index (χ0v) is 18.4. The van der Waals surface area contributed by atoms with Crippen molar-refractivity contribution in [3.05, 3.63) is 65.7 Å². The summed E-state index contributed by atoms with van der Waals surface area (Å²) in [7, 11) is 1.63. The van der Waals surface area contributed by atoms with Gasteiger partial charge in [0.25, 0.3) is 0 Å². The van der Waals surface area contributed by atoms with E-state index in [1.165, 1.54) is 25.7 Å². The molecule has 0 atom stereocenters. The molecule has 0 aliphatic heterocycles. The Morgan fingerprint density at radius 3 is 2.71 bits per heavy atom. The standard InChI is InChI=1S/C23H27N5O2.ClH/c1-29-22-16-19(17-24-15-14-18-8-4-2-5-9-18)12-13-21(22)30-23-25-26-27-28(23)20-10-6-3-7-11-20;/h3,6-8,10-13,16,24H,2,4-5,9,14-15,17H2,1H3;1H/p-1. The lowest BCUT2D eigenvalue weighted by molar-refractivity contribution is -0.00000710. The first-order valence-electron chi connectivity index (χ1n) is 10.4. The number of aromatic nitrogens is 4. The average Bonchev–Trinajstić information content (AvgIpc) is 3.27. The van der Waals surface area contributed by atoms with Crippen LogP contribution in [0.1, 0.15) is 37.7 Å². The number of methoxy groups -OCH3 is 1. The minimum Gasteiger partial charge on any atom is -1.00 e. The number of hydrogen-bond donors (Lipinski definition) is 1. The molecular formula is C23H27ClN5O2-. The van der Waals surface area contributed by atoms with Crippen LogP contribution in [0.3, 0.4) is 0 Å². The molecule has 0 fully saturated rings. The topological polar surface area (TPSA) is 74.1 Å².